The maximum atomic E-state index is 5.68. The first-order valence-electron chi connectivity index (χ1n) is 5.78. The van der Waals surface area contributed by atoms with Crippen LogP contribution in [0.5, 0.6) is 5.75 Å². The maximum Gasteiger partial charge on any atom is 0.185 e. The van der Waals surface area contributed by atoms with Crippen LogP contribution in [0.25, 0.3) is 0 Å². The Morgan fingerprint density at radius 3 is 2.26 bits per heavy atom. The zero-order chi connectivity index (χ0) is 13.7. The molecule has 0 bridgehead atoms. The quantitative estimate of drug-likeness (QED) is 0.508. The third-order valence-electron chi connectivity index (χ3n) is 2.60. The van der Waals surface area contributed by atoms with Gasteiger partial charge in [-0.1, -0.05) is 30.3 Å². The van der Waals surface area contributed by atoms with Crippen LogP contribution in [-0.4, -0.2) is 5.11 Å². The van der Waals surface area contributed by atoms with Crippen LogP contribution in [0.3, 0.4) is 0 Å². The van der Waals surface area contributed by atoms with Crippen LogP contribution >= 0.6 is 12.2 Å². The number of benzene rings is 2. The Hall–Kier alpha value is -2.11. The Kier molecular flexibility index (Phi) is 4.33. The van der Waals surface area contributed by atoms with Crippen molar-refractivity contribution in [3.8, 4) is 5.75 Å². The van der Waals surface area contributed by atoms with Gasteiger partial charge in [0, 0.05) is 0 Å². The molecule has 0 spiro atoms. The van der Waals surface area contributed by atoms with E-state index >= 15 is 0 Å². The molecule has 0 fully saturated rings. The molecule has 2 aromatic carbocycles. The second-order valence-corrected chi connectivity index (χ2v) is 4.39. The average molecular weight is 273 g/mol. The minimum atomic E-state index is 0.123. The number of nitrogens with two attached hydrogens (primary N) is 2. The molecule has 19 heavy (non-hydrogen) atoms. The molecule has 0 saturated carbocycles. The Morgan fingerprint density at radius 1 is 1.05 bits per heavy atom. The normalized spacial score (nSPS) is 9.95. The number of anilines is 1. The summed E-state index contributed by atoms with van der Waals surface area (Å²) in [5.74, 6) is 6.45. The number of hydrogen-bond acceptors (Lipinski definition) is 3. The van der Waals surface area contributed by atoms with Crippen LogP contribution in [0.2, 0.25) is 0 Å². The van der Waals surface area contributed by atoms with Crippen molar-refractivity contribution in [3.63, 3.8) is 0 Å². The van der Waals surface area contributed by atoms with Gasteiger partial charge in [-0.25, -0.2) is 5.84 Å². The Labute approximate surface area is 117 Å². The number of hydrazine groups is 1. The molecule has 0 aliphatic carbocycles. The first-order chi connectivity index (χ1) is 9.16. The predicted molar refractivity (Wildman–Crippen MR) is 80.7 cm³/mol. The minimum absolute atomic E-state index is 0.123. The summed E-state index contributed by atoms with van der Waals surface area (Å²) in [5.41, 5.74) is 7.28. The molecule has 4 N–H and O–H groups in total. The molecular formula is C14H15N3OS. The average Bonchev–Trinajstić information content (AvgIpc) is 2.46. The Balaban J connectivity index is 1.97. The van der Waals surface area contributed by atoms with Crippen LogP contribution in [-0.2, 0) is 6.61 Å². The lowest BCUT2D eigenvalue weighted by atomic mass is 10.2. The van der Waals surface area contributed by atoms with Gasteiger partial charge in [-0.15, -0.1) is 0 Å². The third kappa shape index (κ3) is 3.67. The number of rotatable bonds is 4. The van der Waals surface area contributed by atoms with Crippen LogP contribution < -0.4 is 21.3 Å². The van der Waals surface area contributed by atoms with Gasteiger partial charge in [0.1, 0.15) is 12.4 Å². The topological polar surface area (TPSA) is 64.5 Å². The van der Waals surface area contributed by atoms with Crippen molar-refractivity contribution in [2.45, 2.75) is 6.61 Å². The molecule has 0 radical (unpaired) electrons. The van der Waals surface area contributed by atoms with E-state index in [1.807, 2.05) is 42.5 Å². The van der Waals surface area contributed by atoms with Crippen molar-refractivity contribution < 1.29 is 4.74 Å². The van der Waals surface area contributed by atoms with E-state index in [0.717, 1.165) is 17.0 Å². The second-order valence-electron chi connectivity index (χ2n) is 3.98. The van der Waals surface area contributed by atoms with E-state index in [2.05, 4.69) is 0 Å². The first kappa shape index (κ1) is 13.3. The minimum Gasteiger partial charge on any atom is -0.489 e. The summed E-state index contributed by atoms with van der Waals surface area (Å²) in [6.45, 7) is 0.530. The fourth-order valence-electron chi connectivity index (χ4n) is 1.57. The van der Waals surface area contributed by atoms with Gasteiger partial charge in [0.15, 0.2) is 5.11 Å². The summed E-state index contributed by atoms with van der Waals surface area (Å²) in [7, 11) is 0. The number of thiocarbonyl (C=S) groups is 1. The van der Waals surface area contributed by atoms with Gasteiger partial charge in [0.25, 0.3) is 0 Å². The molecule has 0 aliphatic heterocycles. The highest BCUT2D eigenvalue weighted by Crippen LogP contribution is 2.18. The van der Waals surface area contributed by atoms with Gasteiger partial charge in [-0.3, -0.25) is 5.01 Å². The number of nitrogens with zero attached hydrogens (tertiary/aromatic N) is 1. The van der Waals surface area contributed by atoms with E-state index in [0.29, 0.717) is 6.61 Å². The zero-order valence-electron chi connectivity index (χ0n) is 10.3. The van der Waals surface area contributed by atoms with Crippen molar-refractivity contribution in [2.24, 2.45) is 11.6 Å². The highest BCUT2D eigenvalue weighted by atomic mass is 32.1. The molecule has 0 amide bonds. The van der Waals surface area contributed by atoms with Gasteiger partial charge >= 0.3 is 0 Å². The van der Waals surface area contributed by atoms with Crippen molar-refractivity contribution in [1.82, 2.24) is 0 Å². The zero-order valence-corrected chi connectivity index (χ0v) is 11.1. The lowest BCUT2D eigenvalue weighted by Crippen LogP contribution is -2.41. The van der Waals surface area contributed by atoms with Crippen molar-refractivity contribution in [2.75, 3.05) is 5.01 Å². The van der Waals surface area contributed by atoms with Crippen LogP contribution in [0.1, 0.15) is 5.56 Å². The molecule has 2 rings (SSSR count). The SMILES string of the molecule is NC(=S)N(N)c1ccc(OCc2ccccc2)cc1. The first-order valence-corrected chi connectivity index (χ1v) is 6.18. The highest BCUT2D eigenvalue weighted by Gasteiger charge is 2.04. The summed E-state index contributed by atoms with van der Waals surface area (Å²) in [6, 6.07) is 17.2. The molecular weight excluding hydrogens is 258 g/mol. The van der Waals surface area contributed by atoms with E-state index in [-0.39, 0.29) is 5.11 Å². The number of hydrogen-bond donors (Lipinski definition) is 2. The van der Waals surface area contributed by atoms with Crippen molar-refractivity contribution >= 4 is 23.0 Å². The fraction of sp³-hybridized carbons (Fsp3) is 0.0714. The van der Waals surface area contributed by atoms with E-state index < -0.39 is 0 Å². The molecule has 98 valence electrons. The molecule has 0 aliphatic rings. The summed E-state index contributed by atoms with van der Waals surface area (Å²) in [5, 5.41) is 1.37. The standard InChI is InChI=1S/C14H15N3OS/c15-14(19)17(16)12-6-8-13(9-7-12)18-10-11-4-2-1-3-5-11/h1-9H,10,16H2,(H2,15,19). The highest BCUT2D eigenvalue weighted by molar-refractivity contribution is 7.80. The molecule has 5 heteroatoms. The molecule has 0 heterocycles. The van der Waals surface area contributed by atoms with Crippen LogP contribution in [0.4, 0.5) is 5.69 Å². The van der Waals surface area contributed by atoms with Crippen LogP contribution in [0.15, 0.2) is 54.6 Å². The summed E-state index contributed by atoms with van der Waals surface area (Å²) in [4.78, 5) is 0. The van der Waals surface area contributed by atoms with Crippen molar-refractivity contribution in [3.05, 3.63) is 60.2 Å². The van der Waals surface area contributed by atoms with Gasteiger partial charge in [-0.2, -0.15) is 0 Å². The predicted octanol–water partition coefficient (Wildman–Crippen LogP) is 2.19. The van der Waals surface area contributed by atoms with Gasteiger partial charge < -0.3 is 10.5 Å². The fourth-order valence-corrected chi connectivity index (χ4v) is 1.68. The molecule has 4 nitrogen and oxygen atoms in total. The van der Waals surface area contributed by atoms with Crippen LogP contribution in [0, 0.1) is 0 Å². The maximum absolute atomic E-state index is 5.68. The monoisotopic (exact) mass is 273 g/mol. The number of ether oxygens (including phenoxy) is 1. The molecule has 0 atom stereocenters. The smallest absolute Gasteiger partial charge is 0.185 e. The lowest BCUT2D eigenvalue weighted by Gasteiger charge is -2.16. The Morgan fingerprint density at radius 2 is 1.68 bits per heavy atom. The van der Waals surface area contributed by atoms with E-state index in [1.54, 1.807) is 12.1 Å². The van der Waals surface area contributed by atoms with E-state index in [9.17, 15) is 0 Å². The van der Waals surface area contributed by atoms with Crippen molar-refractivity contribution in [1.29, 1.82) is 0 Å². The molecule has 0 unspecified atom stereocenters. The molecule has 0 saturated heterocycles. The summed E-state index contributed by atoms with van der Waals surface area (Å²) >= 11 is 4.80. The van der Waals surface area contributed by atoms with E-state index in [1.165, 1.54) is 5.01 Å². The lowest BCUT2D eigenvalue weighted by molar-refractivity contribution is 0.306. The largest absolute Gasteiger partial charge is 0.489 e. The van der Waals surface area contributed by atoms with Gasteiger partial charge in [0.2, 0.25) is 0 Å². The van der Waals surface area contributed by atoms with Gasteiger partial charge in [-0.05, 0) is 42.0 Å². The second kappa shape index (κ2) is 6.17. The third-order valence-corrected chi connectivity index (χ3v) is 2.80. The molecule has 2 aromatic rings. The summed E-state index contributed by atoms with van der Waals surface area (Å²) in [6.07, 6.45) is 0. The Bertz CT molecular complexity index is 542. The molecule has 0 aromatic heterocycles. The van der Waals surface area contributed by atoms with E-state index in [4.69, 9.17) is 28.5 Å². The van der Waals surface area contributed by atoms with Gasteiger partial charge in [0.05, 0.1) is 5.69 Å². The summed E-state index contributed by atoms with van der Waals surface area (Å²) < 4.78 is 5.66.